The lowest BCUT2D eigenvalue weighted by Crippen LogP contribution is -2.11. The van der Waals surface area contributed by atoms with E-state index in [1.165, 1.54) is 17.4 Å². The van der Waals surface area contributed by atoms with Gasteiger partial charge in [-0.3, -0.25) is 4.79 Å². The van der Waals surface area contributed by atoms with Crippen molar-refractivity contribution in [2.75, 3.05) is 5.32 Å². The van der Waals surface area contributed by atoms with Gasteiger partial charge in [0.25, 0.3) is 5.91 Å². The number of nitrogens with zero attached hydrogens (tertiary/aromatic N) is 1. The maximum absolute atomic E-state index is 13.5. The summed E-state index contributed by atoms with van der Waals surface area (Å²) in [6, 6.07) is 9.98. The Balaban J connectivity index is 1.62. The molecule has 0 fully saturated rings. The Morgan fingerprint density at radius 3 is 2.83 bits per heavy atom. The SMILES string of the molecule is O=C(Nc1ccccn1)c1cc(COc2ccc(F)cc2F)cs1. The molecular formula is C17H12F2N2O2S. The van der Waals surface area contributed by atoms with Gasteiger partial charge in [0.15, 0.2) is 11.6 Å². The standard InChI is InChI=1S/C17H12F2N2O2S/c18-12-4-5-14(13(19)8-12)23-9-11-7-15(24-10-11)17(22)21-16-3-1-2-6-20-16/h1-8,10H,9H2,(H,20,21,22). The highest BCUT2D eigenvalue weighted by atomic mass is 32.1. The topological polar surface area (TPSA) is 51.2 Å². The summed E-state index contributed by atoms with van der Waals surface area (Å²) in [5, 5.41) is 4.42. The summed E-state index contributed by atoms with van der Waals surface area (Å²) >= 11 is 1.25. The molecular weight excluding hydrogens is 334 g/mol. The second-order valence-corrected chi connectivity index (χ2v) is 5.76. The smallest absolute Gasteiger partial charge is 0.266 e. The number of aromatic nitrogens is 1. The normalized spacial score (nSPS) is 10.4. The van der Waals surface area contributed by atoms with Crippen LogP contribution in [0.4, 0.5) is 14.6 Å². The number of thiophene rings is 1. The highest BCUT2D eigenvalue weighted by molar-refractivity contribution is 7.12. The first-order valence-corrected chi connectivity index (χ1v) is 7.87. The summed E-state index contributed by atoms with van der Waals surface area (Å²) in [6.45, 7) is 0.0793. The van der Waals surface area contributed by atoms with Crippen molar-refractivity contribution in [1.82, 2.24) is 4.98 Å². The molecule has 4 nitrogen and oxygen atoms in total. The number of pyridine rings is 1. The van der Waals surface area contributed by atoms with E-state index in [9.17, 15) is 13.6 Å². The minimum atomic E-state index is -0.765. The monoisotopic (exact) mass is 346 g/mol. The molecule has 24 heavy (non-hydrogen) atoms. The van der Waals surface area contributed by atoms with E-state index in [1.54, 1.807) is 35.8 Å². The number of amides is 1. The van der Waals surface area contributed by atoms with Crippen LogP contribution in [0.25, 0.3) is 0 Å². The van der Waals surface area contributed by atoms with E-state index in [2.05, 4.69) is 10.3 Å². The number of rotatable bonds is 5. The molecule has 122 valence electrons. The molecule has 2 heterocycles. The van der Waals surface area contributed by atoms with Crippen LogP contribution in [0, 0.1) is 11.6 Å². The Morgan fingerprint density at radius 2 is 2.08 bits per heavy atom. The first-order chi connectivity index (χ1) is 11.6. The highest BCUT2D eigenvalue weighted by Gasteiger charge is 2.11. The van der Waals surface area contributed by atoms with Gasteiger partial charge < -0.3 is 10.1 Å². The van der Waals surface area contributed by atoms with Crippen molar-refractivity contribution in [3.8, 4) is 5.75 Å². The number of ether oxygens (including phenoxy) is 1. The highest BCUT2D eigenvalue weighted by Crippen LogP contribution is 2.21. The molecule has 7 heteroatoms. The second kappa shape index (κ2) is 7.18. The number of carbonyl (C=O) groups excluding carboxylic acids is 1. The van der Waals surface area contributed by atoms with Crippen LogP contribution in [0.1, 0.15) is 15.2 Å². The third-order valence-corrected chi connectivity index (χ3v) is 4.05. The lowest BCUT2D eigenvalue weighted by molar-refractivity contribution is 0.103. The van der Waals surface area contributed by atoms with Crippen molar-refractivity contribution in [2.45, 2.75) is 6.61 Å². The van der Waals surface area contributed by atoms with E-state index in [0.29, 0.717) is 10.7 Å². The maximum Gasteiger partial charge on any atom is 0.266 e. The zero-order chi connectivity index (χ0) is 16.9. The number of nitrogens with one attached hydrogen (secondary N) is 1. The number of carbonyl (C=O) groups is 1. The molecule has 1 aromatic carbocycles. The molecule has 0 aliphatic heterocycles. The van der Waals surface area contributed by atoms with Crippen LogP contribution in [0.5, 0.6) is 5.75 Å². The van der Waals surface area contributed by atoms with Crippen molar-refractivity contribution in [3.63, 3.8) is 0 Å². The molecule has 0 atom stereocenters. The van der Waals surface area contributed by atoms with Crippen LogP contribution in [0.2, 0.25) is 0 Å². The van der Waals surface area contributed by atoms with E-state index in [0.717, 1.165) is 17.7 Å². The Morgan fingerprint density at radius 1 is 1.21 bits per heavy atom. The predicted molar refractivity (Wildman–Crippen MR) is 87.2 cm³/mol. The molecule has 1 N–H and O–H groups in total. The molecule has 0 bridgehead atoms. The van der Waals surface area contributed by atoms with Crippen LogP contribution in [0.15, 0.2) is 54.0 Å². The van der Waals surface area contributed by atoms with Crippen LogP contribution < -0.4 is 10.1 Å². The van der Waals surface area contributed by atoms with Crippen LogP contribution >= 0.6 is 11.3 Å². The summed E-state index contributed by atoms with van der Waals surface area (Å²) in [6.07, 6.45) is 1.58. The molecule has 0 radical (unpaired) electrons. The van der Waals surface area contributed by atoms with Gasteiger partial charge in [-0.25, -0.2) is 13.8 Å². The van der Waals surface area contributed by atoms with E-state index in [4.69, 9.17) is 4.74 Å². The Kier molecular flexibility index (Phi) is 4.81. The lowest BCUT2D eigenvalue weighted by Gasteiger charge is -2.05. The molecule has 0 aliphatic carbocycles. The molecule has 0 spiro atoms. The van der Waals surface area contributed by atoms with E-state index >= 15 is 0 Å². The fourth-order valence-electron chi connectivity index (χ4n) is 1.94. The number of halogens is 2. The fourth-order valence-corrected chi connectivity index (χ4v) is 2.73. The summed E-state index contributed by atoms with van der Waals surface area (Å²) in [5.41, 5.74) is 0.717. The van der Waals surface area contributed by atoms with Crippen LogP contribution in [-0.2, 0) is 6.61 Å². The van der Waals surface area contributed by atoms with Gasteiger partial charge >= 0.3 is 0 Å². The molecule has 3 aromatic rings. The van der Waals surface area contributed by atoms with E-state index in [1.807, 2.05) is 0 Å². The second-order valence-electron chi connectivity index (χ2n) is 4.85. The van der Waals surface area contributed by atoms with Gasteiger partial charge in [-0.2, -0.15) is 0 Å². The molecule has 0 saturated heterocycles. The maximum atomic E-state index is 13.5. The summed E-state index contributed by atoms with van der Waals surface area (Å²) in [7, 11) is 0. The molecule has 0 saturated carbocycles. The molecule has 0 unspecified atom stereocenters. The van der Waals surface area contributed by atoms with Gasteiger partial charge in [0.2, 0.25) is 0 Å². The number of anilines is 1. The fraction of sp³-hybridized carbons (Fsp3) is 0.0588. The Hall–Kier alpha value is -2.80. The minimum absolute atomic E-state index is 0.0397. The molecule has 3 rings (SSSR count). The molecule has 1 amide bonds. The zero-order valence-electron chi connectivity index (χ0n) is 12.3. The van der Waals surface area contributed by atoms with Crippen molar-refractivity contribution in [2.24, 2.45) is 0 Å². The van der Waals surface area contributed by atoms with Gasteiger partial charge in [-0.15, -0.1) is 11.3 Å². The number of benzene rings is 1. The zero-order valence-corrected chi connectivity index (χ0v) is 13.1. The average molecular weight is 346 g/mol. The Labute approximate surface area is 140 Å². The van der Waals surface area contributed by atoms with Crippen LogP contribution in [0.3, 0.4) is 0 Å². The van der Waals surface area contributed by atoms with Gasteiger partial charge in [-0.05, 0) is 35.7 Å². The quantitative estimate of drug-likeness (QED) is 0.751. The van der Waals surface area contributed by atoms with E-state index in [-0.39, 0.29) is 18.3 Å². The Bertz CT molecular complexity index is 853. The van der Waals surface area contributed by atoms with Crippen molar-refractivity contribution < 1.29 is 18.3 Å². The number of hydrogen-bond acceptors (Lipinski definition) is 4. The lowest BCUT2D eigenvalue weighted by atomic mass is 10.3. The van der Waals surface area contributed by atoms with Gasteiger partial charge in [-0.1, -0.05) is 6.07 Å². The summed E-state index contributed by atoms with van der Waals surface area (Å²) < 4.78 is 31.6. The van der Waals surface area contributed by atoms with Crippen LogP contribution in [-0.4, -0.2) is 10.9 Å². The third kappa shape index (κ3) is 3.94. The van der Waals surface area contributed by atoms with Gasteiger partial charge in [0.1, 0.15) is 18.2 Å². The van der Waals surface area contributed by atoms with Gasteiger partial charge in [0.05, 0.1) is 4.88 Å². The first-order valence-electron chi connectivity index (χ1n) is 6.99. The van der Waals surface area contributed by atoms with Crippen molar-refractivity contribution in [1.29, 1.82) is 0 Å². The van der Waals surface area contributed by atoms with Crippen molar-refractivity contribution >= 4 is 23.1 Å². The number of hydrogen-bond donors (Lipinski definition) is 1. The molecule has 2 aromatic heterocycles. The first kappa shape index (κ1) is 16.1. The van der Waals surface area contributed by atoms with E-state index < -0.39 is 11.6 Å². The predicted octanol–water partition coefficient (Wildman–Crippen LogP) is 4.25. The molecule has 0 aliphatic rings. The van der Waals surface area contributed by atoms with Crippen molar-refractivity contribution in [3.05, 3.63) is 76.1 Å². The summed E-state index contributed by atoms with van der Waals surface area (Å²) in [5.74, 6) is -1.29. The third-order valence-electron chi connectivity index (χ3n) is 3.07. The largest absolute Gasteiger partial charge is 0.486 e. The summed E-state index contributed by atoms with van der Waals surface area (Å²) in [4.78, 5) is 16.6. The van der Waals surface area contributed by atoms with Gasteiger partial charge in [0, 0.05) is 17.8 Å². The average Bonchev–Trinajstić information content (AvgIpc) is 3.04. The minimum Gasteiger partial charge on any atom is -0.486 e.